The molecule has 0 spiro atoms. The molecule has 0 saturated heterocycles. The van der Waals surface area contributed by atoms with E-state index in [9.17, 15) is 13.6 Å². The summed E-state index contributed by atoms with van der Waals surface area (Å²) in [7, 11) is 0. The average Bonchev–Trinajstić information content (AvgIpc) is 2.28. The van der Waals surface area contributed by atoms with E-state index in [-0.39, 0.29) is 19.0 Å². The third kappa shape index (κ3) is 3.81. The Morgan fingerprint density at radius 3 is 2.75 bits per heavy atom. The summed E-state index contributed by atoms with van der Waals surface area (Å²) in [5.74, 6) is -2.18. The molecule has 1 aromatic carbocycles. The lowest BCUT2D eigenvalue weighted by atomic mass is 10.1. The smallest absolute Gasteiger partial charge is 0.306 e. The van der Waals surface area contributed by atoms with Gasteiger partial charge in [-0.2, -0.15) is 0 Å². The summed E-state index contributed by atoms with van der Waals surface area (Å²) in [5.41, 5.74) is 0.564. The number of aryl methyl sites for hydroxylation is 1. The van der Waals surface area contributed by atoms with Gasteiger partial charge in [-0.25, -0.2) is 8.78 Å². The van der Waals surface area contributed by atoms with Crippen molar-refractivity contribution in [2.45, 2.75) is 12.8 Å². The van der Waals surface area contributed by atoms with Gasteiger partial charge in [-0.3, -0.25) is 4.79 Å². The van der Waals surface area contributed by atoms with Crippen molar-refractivity contribution in [3.05, 3.63) is 48.1 Å². The molecule has 2 nitrogen and oxygen atoms in total. The zero-order valence-electron chi connectivity index (χ0n) is 8.71. The summed E-state index contributed by atoms with van der Waals surface area (Å²) in [6, 6.07) is 3.56. The van der Waals surface area contributed by atoms with Gasteiger partial charge in [0.05, 0.1) is 0 Å². The molecule has 0 bridgehead atoms. The highest BCUT2D eigenvalue weighted by molar-refractivity contribution is 5.69. The molecule has 0 unspecified atom stereocenters. The van der Waals surface area contributed by atoms with E-state index >= 15 is 0 Å². The van der Waals surface area contributed by atoms with Crippen LogP contribution in [0.4, 0.5) is 8.78 Å². The molecule has 0 saturated carbocycles. The van der Waals surface area contributed by atoms with E-state index in [0.717, 1.165) is 12.1 Å². The number of rotatable bonds is 5. The van der Waals surface area contributed by atoms with E-state index < -0.39 is 11.6 Å². The molecule has 0 radical (unpaired) electrons. The minimum absolute atomic E-state index is 0.138. The molecule has 1 rings (SSSR count). The maximum atomic E-state index is 12.8. The number of carbonyl (C=O) groups is 1. The minimum Gasteiger partial charge on any atom is -0.461 e. The highest BCUT2D eigenvalue weighted by Crippen LogP contribution is 2.10. The van der Waals surface area contributed by atoms with Gasteiger partial charge >= 0.3 is 5.97 Å². The van der Waals surface area contributed by atoms with Crippen molar-refractivity contribution in [3.8, 4) is 0 Å². The number of ether oxygens (including phenoxy) is 1. The van der Waals surface area contributed by atoms with Crippen molar-refractivity contribution in [1.29, 1.82) is 0 Å². The standard InChI is InChI=1S/C12H12F2O2/c1-2-7-16-12(15)6-4-9-3-5-10(13)11(14)8-9/h2-3,5,8H,1,4,6-7H2. The molecular weight excluding hydrogens is 214 g/mol. The topological polar surface area (TPSA) is 26.3 Å². The van der Waals surface area contributed by atoms with Crippen molar-refractivity contribution in [2.24, 2.45) is 0 Å². The normalized spacial score (nSPS) is 9.88. The molecular formula is C12H12F2O2. The number of benzene rings is 1. The van der Waals surface area contributed by atoms with Crippen LogP contribution >= 0.6 is 0 Å². The first-order valence-electron chi connectivity index (χ1n) is 4.84. The second-order valence-corrected chi connectivity index (χ2v) is 3.22. The molecule has 1 aromatic rings. The zero-order chi connectivity index (χ0) is 12.0. The van der Waals surface area contributed by atoms with E-state index in [1.807, 2.05) is 0 Å². The van der Waals surface area contributed by atoms with Crippen LogP contribution in [0.2, 0.25) is 0 Å². The molecule has 0 aliphatic rings. The molecule has 0 N–H and O–H groups in total. The summed E-state index contributed by atoms with van der Waals surface area (Å²) in [5, 5.41) is 0. The second-order valence-electron chi connectivity index (χ2n) is 3.22. The summed E-state index contributed by atoms with van der Waals surface area (Å²) in [4.78, 5) is 11.1. The van der Waals surface area contributed by atoms with Gasteiger partial charge in [0.15, 0.2) is 11.6 Å². The van der Waals surface area contributed by atoms with Crippen LogP contribution in [0.1, 0.15) is 12.0 Å². The van der Waals surface area contributed by atoms with Crippen LogP contribution in [0.25, 0.3) is 0 Å². The van der Waals surface area contributed by atoms with Gasteiger partial charge in [-0.1, -0.05) is 18.7 Å². The van der Waals surface area contributed by atoms with Crippen LogP contribution in [0.5, 0.6) is 0 Å². The maximum absolute atomic E-state index is 12.8. The fourth-order valence-corrected chi connectivity index (χ4v) is 1.17. The van der Waals surface area contributed by atoms with Crippen LogP contribution in [0, 0.1) is 11.6 Å². The Morgan fingerprint density at radius 1 is 1.38 bits per heavy atom. The largest absolute Gasteiger partial charge is 0.461 e. The number of esters is 1. The van der Waals surface area contributed by atoms with Crippen molar-refractivity contribution >= 4 is 5.97 Å². The molecule has 0 aliphatic carbocycles. The fraction of sp³-hybridized carbons (Fsp3) is 0.250. The Labute approximate surface area is 92.5 Å². The molecule has 0 fully saturated rings. The SMILES string of the molecule is C=CCOC(=O)CCc1ccc(F)c(F)c1. The lowest BCUT2D eigenvalue weighted by Crippen LogP contribution is -2.05. The second kappa shape index (κ2) is 6.00. The van der Waals surface area contributed by atoms with Crippen molar-refractivity contribution in [3.63, 3.8) is 0 Å². The molecule has 16 heavy (non-hydrogen) atoms. The Balaban J connectivity index is 2.45. The fourth-order valence-electron chi connectivity index (χ4n) is 1.17. The van der Waals surface area contributed by atoms with Gasteiger partial charge in [0.2, 0.25) is 0 Å². The number of carbonyl (C=O) groups excluding carboxylic acids is 1. The van der Waals surface area contributed by atoms with Crippen LogP contribution in [0.3, 0.4) is 0 Å². The van der Waals surface area contributed by atoms with E-state index in [1.54, 1.807) is 0 Å². The van der Waals surface area contributed by atoms with Gasteiger partial charge in [0.1, 0.15) is 6.61 Å². The molecule has 4 heteroatoms. The Bertz CT molecular complexity index is 389. The average molecular weight is 226 g/mol. The number of hydrogen-bond donors (Lipinski definition) is 0. The van der Waals surface area contributed by atoms with Crippen LogP contribution in [0.15, 0.2) is 30.9 Å². The van der Waals surface area contributed by atoms with E-state index in [4.69, 9.17) is 4.74 Å². The summed E-state index contributed by atoms with van der Waals surface area (Å²) < 4.78 is 30.1. The van der Waals surface area contributed by atoms with Gasteiger partial charge in [-0.15, -0.1) is 0 Å². The lowest BCUT2D eigenvalue weighted by Gasteiger charge is -2.02. The summed E-state index contributed by atoms with van der Waals surface area (Å²) in [6.45, 7) is 3.57. The van der Waals surface area contributed by atoms with E-state index in [0.29, 0.717) is 12.0 Å². The van der Waals surface area contributed by atoms with E-state index in [2.05, 4.69) is 6.58 Å². The first kappa shape index (κ1) is 12.4. The van der Waals surface area contributed by atoms with Crippen LogP contribution < -0.4 is 0 Å². The van der Waals surface area contributed by atoms with Gasteiger partial charge in [0.25, 0.3) is 0 Å². The molecule has 0 atom stereocenters. The molecule has 86 valence electrons. The van der Waals surface area contributed by atoms with Gasteiger partial charge in [-0.05, 0) is 24.1 Å². The predicted molar refractivity (Wildman–Crippen MR) is 55.8 cm³/mol. The Kier molecular flexibility index (Phi) is 4.64. The molecule has 0 amide bonds. The van der Waals surface area contributed by atoms with Crippen LogP contribution in [-0.2, 0) is 16.0 Å². The number of hydrogen-bond acceptors (Lipinski definition) is 2. The third-order valence-corrected chi connectivity index (χ3v) is 1.96. The first-order valence-corrected chi connectivity index (χ1v) is 4.84. The highest BCUT2D eigenvalue weighted by Gasteiger charge is 2.05. The molecule has 0 heterocycles. The molecule has 0 aromatic heterocycles. The lowest BCUT2D eigenvalue weighted by molar-refractivity contribution is -0.142. The zero-order valence-corrected chi connectivity index (χ0v) is 8.71. The predicted octanol–water partition coefficient (Wildman–Crippen LogP) is 2.63. The maximum Gasteiger partial charge on any atom is 0.306 e. The van der Waals surface area contributed by atoms with Crippen molar-refractivity contribution < 1.29 is 18.3 Å². The van der Waals surface area contributed by atoms with Crippen molar-refractivity contribution in [2.75, 3.05) is 6.61 Å². The van der Waals surface area contributed by atoms with Gasteiger partial charge < -0.3 is 4.74 Å². The highest BCUT2D eigenvalue weighted by atomic mass is 19.2. The monoisotopic (exact) mass is 226 g/mol. The van der Waals surface area contributed by atoms with Gasteiger partial charge in [0, 0.05) is 6.42 Å². The quantitative estimate of drug-likeness (QED) is 0.570. The van der Waals surface area contributed by atoms with Crippen molar-refractivity contribution in [1.82, 2.24) is 0 Å². The Morgan fingerprint density at radius 2 is 2.12 bits per heavy atom. The minimum atomic E-state index is -0.906. The summed E-state index contributed by atoms with van der Waals surface area (Å²) >= 11 is 0. The third-order valence-electron chi connectivity index (χ3n) is 1.96. The first-order chi connectivity index (χ1) is 7.63. The van der Waals surface area contributed by atoms with Crippen LogP contribution in [-0.4, -0.2) is 12.6 Å². The Hall–Kier alpha value is -1.71. The number of halogens is 2. The molecule has 0 aliphatic heterocycles. The van der Waals surface area contributed by atoms with E-state index in [1.165, 1.54) is 12.1 Å². The summed E-state index contributed by atoms with van der Waals surface area (Å²) in [6.07, 6.45) is 1.93.